The zero-order valence-electron chi connectivity index (χ0n) is 11.4. The topological polar surface area (TPSA) is 83.2 Å². The highest BCUT2D eigenvalue weighted by Crippen LogP contribution is 2.31. The molecule has 0 radical (unpaired) electrons. The molecule has 0 saturated heterocycles. The van der Waals surface area contributed by atoms with Crippen molar-refractivity contribution in [1.82, 2.24) is 4.98 Å². The molecule has 0 spiro atoms. The van der Waals surface area contributed by atoms with E-state index < -0.39 is 5.97 Å². The summed E-state index contributed by atoms with van der Waals surface area (Å²) < 4.78 is 5.02. The number of aromatic nitrogens is 1. The number of unbranched alkanes of at least 4 members (excludes halogenated alkanes) is 1. The van der Waals surface area contributed by atoms with Crippen molar-refractivity contribution in [2.24, 2.45) is 0 Å². The number of nitrogens with zero attached hydrogens (tertiary/aromatic N) is 2. The zero-order chi connectivity index (χ0) is 15.4. The summed E-state index contributed by atoms with van der Waals surface area (Å²) in [4.78, 5) is 15.8. The number of esters is 1. The van der Waals surface area contributed by atoms with Gasteiger partial charge >= 0.3 is 5.97 Å². The molecule has 0 bridgehead atoms. The third-order valence-electron chi connectivity index (χ3n) is 2.97. The Morgan fingerprint density at radius 3 is 2.90 bits per heavy atom. The van der Waals surface area contributed by atoms with Gasteiger partial charge in [0, 0.05) is 15.8 Å². The second-order valence-electron chi connectivity index (χ2n) is 4.45. The van der Waals surface area contributed by atoms with Crippen LogP contribution in [0.25, 0.3) is 10.8 Å². The fraction of sp³-hybridized carbons (Fsp3) is 0.267. The molecule has 1 aromatic heterocycles. The number of nitriles is 1. The first kappa shape index (κ1) is 15.1. The van der Waals surface area contributed by atoms with E-state index in [1.165, 1.54) is 6.07 Å². The Morgan fingerprint density at radius 2 is 2.24 bits per heavy atom. The minimum Gasteiger partial charge on any atom is -0.505 e. The van der Waals surface area contributed by atoms with Crippen LogP contribution in [0.2, 0.25) is 5.02 Å². The van der Waals surface area contributed by atoms with Crippen LogP contribution in [0.15, 0.2) is 18.2 Å². The number of rotatable bonds is 4. The molecule has 2 aromatic rings. The molecule has 0 fully saturated rings. The van der Waals surface area contributed by atoms with E-state index in [1.54, 1.807) is 12.1 Å². The van der Waals surface area contributed by atoms with Gasteiger partial charge in [-0.05, 0) is 24.6 Å². The summed E-state index contributed by atoms with van der Waals surface area (Å²) in [6.45, 7) is 2.21. The zero-order valence-corrected chi connectivity index (χ0v) is 12.1. The molecule has 1 aromatic carbocycles. The summed E-state index contributed by atoms with van der Waals surface area (Å²) in [6.07, 6.45) is 1.60. The van der Waals surface area contributed by atoms with E-state index >= 15 is 0 Å². The summed E-state index contributed by atoms with van der Waals surface area (Å²) in [5, 5.41) is 20.5. The number of fused-ring (bicyclic) bond motifs is 1. The average Bonchev–Trinajstić information content (AvgIpc) is 2.48. The van der Waals surface area contributed by atoms with Gasteiger partial charge in [0.1, 0.15) is 11.8 Å². The molecule has 0 aliphatic rings. The van der Waals surface area contributed by atoms with Gasteiger partial charge < -0.3 is 9.84 Å². The molecule has 21 heavy (non-hydrogen) atoms. The normalized spacial score (nSPS) is 10.3. The highest BCUT2D eigenvalue weighted by atomic mass is 35.5. The van der Waals surface area contributed by atoms with Gasteiger partial charge in [0.05, 0.1) is 6.61 Å². The van der Waals surface area contributed by atoms with Crippen molar-refractivity contribution in [2.45, 2.75) is 19.8 Å². The number of carbonyl (C=O) groups excluding carboxylic acids is 1. The molecule has 0 aliphatic carbocycles. The molecule has 108 valence electrons. The van der Waals surface area contributed by atoms with Crippen molar-refractivity contribution in [3.63, 3.8) is 0 Å². The minimum atomic E-state index is -0.751. The molecule has 0 amide bonds. The summed E-state index contributed by atoms with van der Waals surface area (Å²) in [5.74, 6) is -1.08. The van der Waals surface area contributed by atoms with E-state index in [2.05, 4.69) is 4.98 Å². The van der Waals surface area contributed by atoms with Crippen LogP contribution in [0.4, 0.5) is 0 Å². The van der Waals surface area contributed by atoms with Crippen molar-refractivity contribution in [2.75, 3.05) is 6.61 Å². The fourth-order valence-electron chi connectivity index (χ4n) is 1.88. The molecule has 6 heteroatoms. The Balaban J connectivity index is 2.52. The number of hydrogen-bond acceptors (Lipinski definition) is 5. The number of ether oxygens (including phenoxy) is 1. The first-order valence-corrected chi connectivity index (χ1v) is 6.85. The van der Waals surface area contributed by atoms with E-state index in [4.69, 9.17) is 21.6 Å². The predicted molar refractivity (Wildman–Crippen MR) is 78.3 cm³/mol. The molecule has 0 aliphatic heterocycles. The number of benzene rings is 1. The Labute approximate surface area is 126 Å². The Morgan fingerprint density at radius 1 is 1.48 bits per heavy atom. The van der Waals surface area contributed by atoms with Crippen molar-refractivity contribution in [3.05, 3.63) is 34.6 Å². The summed E-state index contributed by atoms with van der Waals surface area (Å²) in [5.41, 5.74) is -0.223. The Kier molecular flexibility index (Phi) is 4.61. The predicted octanol–water partition coefficient (Wildman–Crippen LogP) is 3.42. The van der Waals surface area contributed by atoms with Crippen LogP contribution >= 0.6 is 11.6 Å². The van der Waals surface area contributed by atoms with Crippen molar-refractivity contribution in [3.8, 4) is 11.8 Å². The average molecular weight is 305 g/mol. The Hall–Kier alpha value is -2.32. The van der Waals surface area contributed by atoms with Gasteiger partial charge in [0.2, 0.25) is 0 Å². The largest absolute Gasteiger partial charge is 0.505 e. The lowest BCUT2D eigenvalue weighted by Gasteiger charge is -2.09. The molecule has 5 nitrogen and oxygen atoms in total. The fourth-order valence-corrected chi connectivity index (χ4v) is 2.05. The monoisotopic (exact) mass is 304 g/mol. The van der Waals surface area contributed by atoms with Crippen LogP contribution in [0.5, 0.6) is 5.75 Å². The van der Waals surface area contributed by atoms with Crippen LogP contribution in [0.3, 0.4) is 0 Å². The van der Waals surface area contributed by atoms with E-state index in [0.717, 1.165) is 12.8 Å². The highest BCUT2D eigenvalue weighted by molar-refractivity contribution is 6.31. The molecular weight excluding hydrogens is 292 g/mol. The molecular formula is C15H13ClN2O3. The molecule has 2 rings (SSSR count). The number of halogens is 1. The highest BCUT2D eigenvalue weighted by Gasteiger charge is 2.20. The maximum Gasteiger partial charge on any atom is 0.360 e. The maximum absolute atomic E-state index is 11.9. The molecule has 0 unspecified atom stereocenters. The van der Waals surface area contributed by atoms with Crippen LogP contribution in [-0.2, 0) is 4.74 Å². The maximum atomic E-state index is 11.9. The summed E-state index contributed by atoms with van der Waals surface area (Å²) in [6, 6.07) is 6.56. The van der Waals surface area contributed by atoms with Crippen LogP contribution in [0.1, 0.15) is 35.9 Å². The third kappa shape index (κ3) is 3.06. The molecule has 0 atom stereocenters. The van der Waals surface area contributed by atoms with Crippen molar-refractivity contribution >= 4 is 28.3 Å². The van der Waals surface area contributed by atoms with E-state index in [0.29, 0.717) is 15.8 Å². The van der Waals surface area contributed by atoms with Gasteiger partial charge in [-0.2, -0.15) is 5.26 Å². The van der Waals surface area contributed by atoms with E-state index in [9.17, 15) is 9.90 Å². The van der Waals surface area contributed by atoms with Gasteiger partial charge in [0.15, 0.2) is 11.4 Å². The first-order chi connectivity index (χ1) is 10.1. The number of hydrogen-bond donors (Lipinski definition) is 1. The lowest BCUT2D eigenvalue weighted by Crippen LogP contribution is -2.10. The second kappa shape index (κ2) is 6.42. The van der Waals surface area contributed by atoms with Gasteiger partial charge in [-0.25, -0.2) is 9.78 Å². The van der Waals surface area contributed by atoms with Crippen LogP contribution in [-0.4, -0.2) is 22.7 Å². The lowest BCUT2D eigenvalue weighted by molar-refractivity contribution is 0.0489. The van der Waals surface area contributed by atoms with Crippen LogP contribution in [0, 0.1) is 11.3 Å². The number of pyridine rings is 1. The van der Waals surface area contributed by atoms with Gasteiger partial charge in [-0.1, -0.05) is 24.9 Å². The molecule has 1 N–H and O–H groups in total. The molecule has 0 saturated carbocycles. The van der Waals surface area contributed by atoms with Gasteiger partial charge in [-0.15, -0.1) is 0 Å². The second-order valence-corrected chi connectivity index (χ2v) is 4.89. The Bertz CT molecular complexity index is 738. The third-order valence-corrected chi connectivity index (χ3v) is 3.21. The number of carbonyl (C=O) groups is 1. The SMILES string of the molecule is CCCCOC(=O)c1nc(C#N)c2ccc(Cl)cc2c1O. The summed E-state index contributed by atoms with van der Waals surface area (Å²) in [7, 11) is 0. The van der Waals surface area contributed by atoms with E-state index in [-0.39, 0.29) is 23.7 Å². The van der Waals surface area contributed by atoms with Crippen LogP contribution < -0.4 is 0 Å². The van der Waals surface area contributed by atoms with Gasteiger partial charge in [-0.3, -0.25) is 0 Å². The van der Waals surface area contributed by atoms with E-state index in [1.807, 2.05) is 13.0 Å². The minimum absolute atomic E-state index is 0.0434. The lowest BCUT2D eigenvalue weighted by atomic mass is 10.1. The smallest absolute Gasteiger partial charge is 0.360 e. The van der Waals surface area contributed by atoms with Gasteiger partial charge in [0.25, 0.3) is 0 Å². The summed E-state index contributed by atoms with van der Waals surface area (Å²) >= 11 is 5.89. The first-order valence-electron chi connectivity index (χ1n) is 6.48. The standard InChI is InChI=1S/C15H13ClN2O3/c1-2-3-6-21-15(20)13-14(19)11-7-9(16)4-5-10(11)12(8-17)18-13/h4-5,7,19H,2-3,6H2,1H3. The van der Waals surface area contributed by atoms with Crippen molar-refractivity contribution in [1.29, 1.82) is 5.26 Å². The van der Waals surface area contributed by atoms with Crippen molar-refractivity contribution < 1.29 is 14.6 Å². The quantitative estimate of drug-likeness (QED) is 0.691. The molecule has 1 heterocycles. The number of aromatic hydroxyl groups is 1.